The second-order valence-corrected chi connectivity index (χ2v) is 8.63. The van der Waals surface area contributed by atoms with E-state index in [1.165, 1.54) is 17.6 Å². The molecule has 1 saturated heterocycles. The summed E-state index contributed by atoms with van der Waals surface area (Å²) < 4.78 is 30.6. The Bertz CT molecular complexity index is 939. The maximum absolute atomic E-state index is 13.4. The van der Waals surface area contributed by atoms with Crippen LogP contribution in [-0.4, -0.2) is 51.4 Å². The van der Waals surface area contributed by atoms with Gasteiger partial charge in [0.15, 0.2) is 5.89 Å². The molecule has 0 bridgehead atoms. The number of hydrogen-bond acceptors (Lipinski definition) is 9. The molecule has 1 fully saturated rings. The lowest BCUT2D eigenvalue weighted by atomic mass is 9.97. The first kappa shape index (κ1) is 21.9. The van der Waals surface area contributed by atoms with Crippen LogP contribution in [0.15, 0.2) is 46.1 Å². The predicted octanol–water partition coefficient (Wildman–Crippen LogP) is 3.73. The van der Waals surface area contributed by atoms with E-state index < -0.39 is 11.8 Å². The number of rotatable bonds is 5. The first-order chi connectivity index (χ1) is 15.3. The lowest BCUT2D eigenvalue weighted by Crippen LogP contribution is -2.42. The molecule has 1 aromatic heterocycles. The number of hydrazine groups is 2. The van der Waals surface area contributed by atoms with E-state index in [-0.39, 0.29) is 17.4 Å². The highest BCUT2D eigenvalue weighted by atomic mass is 19.2. The number of carbonyl (C=O) groups excluding carboxylic acids is 1. The van der Waals surface area contributed by atoms with Crippen molar-refractivity contribution in [1.82, 2.24) is 25.8 Å². The van der Waals surface area contributed by atoms with Crippen molar-refractivity contribution in [3.63, 3.8) is 0 Å². The van der Waals surface area contributed by atoms with Gasteiger partial charge in [0.2, 0.25) is 6.23 Å². The Kier molecular flexibility index (Phi) is 6.17. The van der Waals surface area contributed by atoms with Gasteiger partial charge in [-0.2, -0.15) is 0 Å². The van der Waals surface area contributed by atoms with Crippen molar-refractivity contribution in [3.05, 3.63) is 48.2 Å². The van der Waals surface area contributed by atoms with Gasteiger partial charge in [0.25, 0.3) is 0 Å². The summed E-state index contributed by atoms with van der Waals surface area (Å²) in [5.41, 5.74) is 2.35. The molecule has 0 radical (unpaired) electrons. The van der Waals surface area contributed by atoms with Crippen molar-refractivity contribution in [2.45, 2.75) is 51.4 Å². The molecule has 0 spiro atoms. The van der Waals surface area contributed by atoms with E-state index in [2.05, 4.69) is 15.6 Å². The first-order valence-electron chi connectivity index (χ1n) is 10.5. The Balaban J connectivity index is 1.43. The molecule has 4 rings (SSSR count). The van der Waals surface area contributed by atoms with Crippen LogP contribution in [-0.2, 0) is 4.74 Å². The zero-order valence-electron chi connectivity index (χ0n) is 18.3. The second-order valence-electron chi connectivity index (χ2n) is 8.63. The summed E-state index contributed by atoms with van der Waals surface area (Å²) in [5, 5.41) is 4.95. The van der Waals surface area contributed by atoms with Crippen LogP contribution in [0.25, 0.3) is 0 Å². The van der Waals surface area contributed by atoms with Crippen LogP contribution >= 0.6 is 0 Å². The number of aromatic nitrogens is 1. The smallest absolute Gasteiger partial charge is 0.410 e. The molecular weight excluding hydrogens is 419 g/mol. The van der Waals surface area contributed by atoms with Gasteiger partial charge < -0.3 is 18.8 Å². The van der Waals surface area contributed by atoms with E-state index in [0.29, 0.717) is 43.3 Å². The van der Waals surface area contributed by atoms with Crippen molar-refractivity contribution < 1.29 is 23.2 Å². The van der Waals surface area contributed by atoms with E-state index in [4.69, 9.17) is 13.9 Å². The minimum absolute atomic E-state index is 0.0534. The summed E-state index contributed by atoms with van der Waals surface area (Å²) in [5.74, 6) is 1.19. The third-order valence-electron chi connectivity index (χ3n) is 5.01. The zero-order chi connectivity index (χ0) is 22.7. The topological polar surface area (TPSA) is 95.7 Å². The van der Waals surface area contributed by atoms with Gasteiger partial charge in [-0.1, -0.05) is 28.2 Å². The molecule has 11 heteroatoms. The Labute approximate surface area is 185 Å². The second kappa shape index (κ2) is 9.03. The van der Waals surface area contributed by atoms with Gasteiger partial charge in [0.1, 0.15) is 29.6 Å². The normalized spacial score (nSPS) is 18.2. The number of ether oxygens (including phenoxy) is 2. The Morgan fingerprint density at radius 2 is 1.97 bits per heavy atom. The summed E-state index contributed by atoms with van der Waals surface area (Å²) in [6.07, 6.45) is 3.05. The molecule has 1 N–H and O–H groups in total. The third-order valence-corrected chi connectivity index (χ3v) is 5.01. The van der Waals surface area contributed by atoms with Crippen LogP contribution in [0.5, 0.6) is 5.75 Å². The summed E-state index contributed by atoms with van der Waals surface area (Å²) in [6.45, 7) is 6.66. The number of hydrogen-bond donors (Lipinski definition) is 1. The summed E-state index contributed by atoms with van der Waals surface area (Å²) >= 11 is 0. The van der Waals surface area contributed by atoms with Gasteiger partial charge in [0, 0.05) is 19.0 Å². The van der Waals surface area contributed by atoms with Gasteiger partial charge >= 0.3 is 6.09 Å². The Morgan fingerprint density at radius 1 is 1.25 bits per heavy atom. The molecule has 1 aromatic carbocycles. The van der Waals surface area contributed by atoms with Crippen molar-refractivity contribution in [2.24, 2.45) is 5.10 Å². The molecular formula is C21H27FN6O4. The van der Waals surface area contributed by atoms with Crippen molar-refractivity contribution in [1.29, 1.82) is 0 Å². The standard InChI is InChI=1S/C21H27FN6O4/c1-21(2,3)32-20(29)26-11-9-15(10-12-26)18-24-17(13-30-18)19(27-14-23-28(22)25-27)31-16-7-5-4-6-8-16/h4-8,13-15,19,25H,9-12H2,1-3H3. The van der Waals surface area contributed by atoms with Crippen LogP contribution in [0.3, 0.4) is 0 Å². The quantitative estimate of drug-likeness (QED) is 0.694. The molecule has 1 unspecified atom stereocenters. The highest BCUT2D eigenvalue weighted by Gasteiger charge is 2.32. The van der Waals surface area contributed by atoms with E-state index >= 15 is 0 Å². The van der Waals surface area contributed by atoms with E-state index in [0.717, 1.165) is 0 Å². The number of halogens is 1. The molecule has 3 heterocycles. The largest absolute Gasteiger partial charge is 0.463 e. The fourth-order valence-electron chi connectivity index (χ4n) is 3.49. The maximum atomic E-state index is 13.4. The average Bonchev–Trinajstić information content (AvgIpc) is 3.41. The highest BCUT2D eigenvalue weighted by Crippen LogP contribution is 2.31. The fourth-order valence-corrected chi connectivity index (χ4v) is 3.49. The molecule has 2 aromatic rings. The van der Waals surface area contributed by atoms with Crippen molar-refractivity contribution in [2.75, 3.05) is 13.1 Å². The molecule has 1 amide bonds. The van der Waals surface area contributed by atoms with Crippen LogP contribution in [0.1, 0.15) is 57.3 Å². The van der Waals surface area contributed by atoms with E-state index in [9.17, 15) is 9.28 Å². The average molecular weight is 446 g/mol. The van der Waals surface area contributed by atoms with Gasteiger partial charge in [-0.3, -0.25) is 0 Å². The number of carbonyl (C=O) groups is 1. The lowest BCUT2D eigenvalue weighted by molar-refractivity contribution is -0.0999. The van der Waals surface area contributed by atoms with E-state index in [1.54, 1.807) is 17.0 Å². The van der Waals surface area contributed by atoms with Crippen molar-refractivity contribution >= 4 is 12.4 Å². The molecule has 0 saturated carbocycles. The van der Waals surface area contributed by atoms with Gasteiger partial charge in [-0.05, 0) is 51.1 Å². The third kappa shape index (κ3) is 5.28. The maximum Gasteiger partial charge on any atom is 0.410 e. The Hall–Kier alpha value is -3.34. The van der Waals surface area contributed by atoms with Crippen LogP contribution < -0.4 is 10.3 Å². The van der Waals surface area contributed by atoms with Gasteiger partial charge in [-0.25, -0.2) is 14.8 Å². The number of piperidine rings is 1. The van der Waals surface area contributed by atoms with Crippen LogP contribution in [0.2, 0.25) is 0 Å². The summed E-state index contributed by atoms with van der Waals surface area (Å²) in [6, 6.07) is 9.14. The number of nitrogens with zero attached hydrogens (tertiary/aromatic N) is 5. The lowest BCUT2D eigenvalue weighted by Gasteiger charge is -2.32. The summed E-state index contributed by atoms with van der Waals surface area (Å²) in [4.78, 5) is 18.6. The Morgan fingerprint density at radius 3 is 2.59 bits per heavy atom. The number of hydrazone groups is 1. The number of nitrogens with one attached hydrogen (secondary N) is 1. The molecule has 1 atom stereocenters. The molecule has 10 nitrogen and oxygen atoms in total. The number of amides is 1. The van der Waals surface area contributed by atoms with Crippen LogP contribution in [0, 0.1) is 0 Å². The summed E-state index contributed by atoms with van der Waals surface area (Å²) in [7, 11) is 0. The van der Waals surface area contributed by atoms with Gasteiger partial charge in [-0.15, -0.1) is 5.10 Å². The van der Waals surface area contributed by atoms with Gasteiger partial charge in [0.05, 0.1) is 0 Å². The van der Waals surface area contributed by atoms with Crippen LogP contribution in [0.4, 0.5) is 9.28 Å². The number of oxazole rings is 1. The number of likely N-dealkylation sites (tertiary alicyclic amines) is 1. The SMILES string of the molecule is CC(C)(C)OC(=O)N1CCC(c2nc(C(Oc3ccccc3)N3C=NN(F)N3)co2)CC1. The predicted molar refractivity (Wildman–Crippen MR) is 113 cm³/mol. The van der Waals surface area contributed by atoms with E-state index in [1.807, 2.05) is 39.0 Å². The molecule has 2 aliphatic heterocycles. The first-order valence-corrected chi connectivity index (χ1v) is 10.5. The molecule has 172 valence electrons. The molecule has 32 heavy (non-hydrogen) atoms. The fraction of sp³-hybridized carbons (Fsp3) is 0.476. The molecule has 2 aliphatic rings. The minimum Gasteiger partial charge on any atom is -0.463 e. The van der Waals surface area contributed by atoms with Crippen molar-refractivity contribution in [3.8, 4) is 5.75 Å². The highest BCUT2D eigenvalue weighted by molar-refractivity contribution is 5.68. The zero-order valence-corrected chi connectivity index (χ0v) is 18.3. The number of benzene rings is 1. The monoisotopic (exact) mass is 446 g/mol. The number of para-hydroxylation sites is 1. The molecule has 0 aliphatic carbocycles. The minimum atomic E-state index is -0.804.